The van der Waals surface area contributed by atoms with Crippen LogP contribution in [0.15, 0.2) is 36.7 Å². The van der Waals surface area contributed by atoms with Crippen LogP contribution in [0, 0.1) is 6.20 Å². The van der Waals surface area contributed by atoms with Crippen molar-refractivity contribution in [1.82, 2.24) is 15.0 Å². The monoisotopic (exact) mass is 182 g/mol. The molecule has 3 rings (SSSR count). The van der Waals surface area contributed by atoms with Crippen molar-refractivity contribution < 1.29 is 0 Å². The van der Waals surface area contributed by atoms with Crippen LogP contribution in [0.5, 0.6) is 0 Å². The molecular formula is C11H8N3. The van der Waals surface area contributed by atoms with Crippen molar-refractivity contribution in [2.75, 3.05) is 0 Å². The summed E-state index contributed by atoms with van der Waals surface area (Å²) in [6.45, 7) is 0. The van der Waals surface area contributed by atoms with Crippen LogP contribution < -0.4 is 0 Å². The van der Waals surface area contributed by atoms with Crippen LogP contribution in [0.2, 0.25) is 0 Å². The summed E-state index contributed by atoms with van der Waals surface area (Å²) in [5.74, 6) is 0.855. The van der Waals surface area contributed by atoms with Gasteiger partial charge in [0.2, 0.25) is 0 Å². The van der Waals surface area contributed by atoms with Crippen molar-refractivity contribution in [3.05, 3.63) is 42.9 Å². The molecule has 0 unspecified atom stereocenters. The van der Waals surface area contributed by atoms with Gasteiger partial charge >= 0.3 is 0 Å². The number of nitrogens with zero attached hydrogens (tertiary/aromatic N) is 1. The lowest BCUT2D eigenvalue weighted by Gasteiger charge is -1.96. The smallest absolute Gasteiger partial charge is 0.138 e. The number of aromatic amines is 2. The van der Waals surface area contributed by atoms with E-state index in [1.807, 2.05) is 24.4 Å². The van der Waals surface area contributed by atoms with Crippen LogP contribution >= 0.6 is 0 Å². The Morgan fingerprint density at radius 3 is 3.00 bits per heavy atom. The minimum absolute atomic E-state index is 0.855. The summed E-state index contributed by atoms with van der Waals surface area (Å²) in [7, 11) is 0. The summed E-state index contributed by atoms with van der Waals surface area (Å²) in [4.78, 5) is 10.3. The number of aromatic nitrogens is 3. The van der Waals surface area contributed by atoms with E-state index in [1.54, 1.807) is 6.20 Å². The average Bonchev–Trinajstić information content (AvgIpc) is 2.88. The van der Waals surface area contributed by atoms with Crippen molar-refractivity contribution >= 4 is 10.9 Å². The van der Waals surface area contributed by atoms with Gasteiger partial charge in [0.1, 0.15) is 12.0 Å². The van der Waals surface area contributed by atoms with Crippen LogP contribution in [0.4, 0.5) is 0 Å². The van der Waals surface area contributed by atoms with Crippen LogP contribution in [0.25, 0.3) is 22.3 Å². The molecule has 0 fully saturated rings. The minimum Gasteiger partial charge on any atom is -0.361 e. The van der Waals surface area contributed by atoms with Crippen LogP contribution in [0.1, 0.15) is 0 Å². The third-order valence-electron chi connectivity index (χ3n) is 2.28. The highest BCUT2D eigenvalue weighted by Crippen LogP contribution is 2.20. The fourth-order valence-electron chi connectivity index (χ4n) is 1.58. The quantitative estimate of drug-likeness (QED) is 0.596. The van der Waals surface area contributed by atoms with Gasteiger partial charge in [0.15, 0.2) is 0 Å². The number of fused-ring (bicyclic) bond motifs is 1. The molecule has 0 atom stereocenters. The maximum absolute atomic E-state index is 4.09. The zero-order valence-electron chi connectivity index (χ0n) is 7.41. The maximum atomic E-state index is 4.09. The molecule has 0 saturated heterocycles. The first-order valence-corrected chi connectivity index (χ1v) is 4.42. The molecule has 2 aromatic heterocycles. The SMILES string of the molecule is [c]1c[nH]c(-c2ccc3[nH]ccc3c2)n1. The number of nitrogens with one attached hydrogen (secondary N) is 2. The predicted octanol–water partition coefficient (Wildman–Crippen LogP) is 2.36. The Morgan fingerprint density at radius 2 is 2.14 bits per heavy atom. The van der Waals surface area contributed by atoms with Gasteiger partial charge in [-0.2, -0.15) is 0 Å². The lowest BCUT2D eigenvalue weighted by atomic mass is 10.1. The highest BCUT2D eigenvalue weighted by atomic mass is 14.9. The Balaban J connectivity index is 2.23. The second-order valence-electron chi connectivity index (χ2n) is 3.16. The number of rotatable bonds is 1. The molecule has 0 aliphatic heterocycles. The molecule has 14 heavy (non-hydrogen) atoms. The molecule has 2 N–H and O–H groups in total. The number of benzene rings is 1. The van der Waals surface area contributed by atoms with E-state index in [1.165, 1.54) is 5.39 Å². The Bertz CT molecular complexity index is 549. The first kappa shape index (κ1) is 7.38. The van der Waals surface area contributed by atoms with Gasteiger partial charge in [0.25, 0.3) is 0 Å². The number of hydrogen-bond donors (Lipinski definition) is 2. The normalized spacial score (nSPS) is 10.9. The summed E-state index contributed by atoms with van der Waals surface area (Å²) in [5.41, 5.74) is 2.22. The number of imidazole rings is 1. The molecule has 1 aromatic carbocycles. The molecule has 0 spiro atoms. The zero-order chi connectivity index (χ0) is 9.38. The Kier molecular flexibility index (Phi) is 1.44. The predicted molar refractivity (Wildman–Crippen MR) is 54.7 cm³/mol. The lowest BCUT2D eigenvalue weighted by molar-refractivity contribution is 1.31. The highest BCUT2D eigenvalue weighted by molar-refractivity contribution is 5.83. The van der Waals surface area contributed by atoms with Gasteiger partial charge in [-0.25, -0.2) is 4.98 Å². The summed E-state index contributed by atoms with van der Waals surface area (Å²) >= 11 is 0. The van der Waals surface area contributed by atoms with Gasteiger partial charge < -0.3 is 9.97 Å². The zero-order valence-corrected chi connectivity index (χ0v) is 7.41. The lowest BCUT2D eigenvalue weighted by Crippen LogP contribution is -1.79. The molecule has 3 nitrogen and oxygen atoms in total. The number of H-pyrrole nitrogens is 2. The maximum Gasteiger partial charge on any atom is 0.138 e. The van der Waals surface area contributed by atoms with Gasteiger partial charge in [-0.3, -0.25) is 0 Å². The van der Waals surface area contributed by atoms with E-state index in [2.05, 4.69) is 27.2 Å². The number of hydrogen-bond acceptors (Lipinski definition) is 1. The molecule has 0 saturated carbocycles. The van der Waals surface area contributed by atoms with E-state index in [0.29, 0.717) is 0 Å². The molecule has 2 heterocycles. The summed E-state index contributed by atoms with van der Waals surface area (Å²) < 4.78 is 0. The highest BCUT2D eigenvalue weighted by Gasteiger charge is 2.01. The molecule has 0 amide bonds. The fraction of sp³-hybridized carbons (Fsp3) is 0. The molecule has 3 heteroatoms. The molecule has 1 radical (unpaired) electrons. The van der Waals surface area contributed by atoms with Gasteiger partial charge in [-0.05, 0) is 24.3 Å². The Labute approximate surface area is 80.8 Å². The van der Waals surface area contributed by atoms with E-state index < -0.39 is 0 Å². The first-order chi connectivity index (χ1) is 6.93. The van der Waals surface area contributed by atoms with Crippen molar-refractivity contribution in [2.24, 2.45) is 0 Å². The van der Waals surface area contributed by atoms with E-state index in [0.717, 1.165) is 16.9 Å². The molecule has 3 aromatic rings. The van der Waals surface area contributed by atoms with Gasteiger partial charge in [-0.1, -0.05) is 0 Å². The van der Waals surface area contributed by atoms with Gasteiger partial charge in [-0.15, -0.1) is 0 Å². The van der Waals surface area contributed by atoms with Gasteiger partial charge in [0, 0.05) is 28.9 Å². The Hall–Kier alpha value is -2.03. The topological polar surface area (TPSA) is 44.5 Å². The Morgan fingerprint density at radius 1 is 1.14 bits per heavy atom. The van der Waals surface area contributed by atoms with Crippen molar-refractivity contribution in [3.63, 3.8) is 0 Å². The summed E-state index contributed by atoms with van der Waals surface area (Å²) in [6.07, 6.45) is 6.39. The van der Waals surface area contributed by atoms with Crippen molar-refractivity contribution in [2.45, 2.75) is 0 Å². The third-order valence-corrected chi connectivity index (χ3v) is 2.28. The van der Waals surface area contributed by atoms with E-state index in [4.69, 9.17) is 0 Å². The molecule has 0 aliphatic rings. The van der Waals surface area contributed by atoms with Crippen LogP contribution in [-0.2, 0) is 0 Å². The van der Waals surface area contributed by atoms with E-state index in [9.17, 15) is 0 Å². The minimum atomic E-state index is 0.855. The van der Waals surface area contributed by atoms with E-state index >= 15 is 0 Å². The summed E-state index contributed by atoms with van der Waals surface area (Å²) in [5, 5.41) is 1.19. The largest absolute Gasteiger partial charge is 0.361 e. The van der Waals surface area contributed by atoms with E-state index in [-0.39, 0.29) is 0 Å². The molecule has 67 valence electrons. The van der Waals surface area contributed by atoms with Gasteiger partial charge in [0.05, 0.1) is 0 Å². The fourth-order valence-corrected chi connectivity index (χ4v) is 1.58. The third kappa shape index (κ3) is 1.03. The van der Waals surface area contributed by atoms with Crippen molar-refractivity contribution in [3.8, 4) is 11.4 Å². The summed E-state index contributed by atoms with van der Waals surface area (Å²) in [6, 6.07) is 8.22. The standard InChI is InChI=1S/C11H8N3/c1-2-10-8(3-4-12-10)7-9(1)11-13-5-6-14-11/h1-5,7,12H,(H,13,14). The second kappa shape index (κ2) is 2.73. The average molecular weight is 182 g/mol. The van der Waals surface area contributed by atoms with Crippen LogP contribution in [0.3, 0.4) is 0 Å². The van der Waals surface area contributed by atoms with Crippen LogP contribution in [-0.4, -0.2) is 15.0 Å². The van der Waals surface area contributed by atoms with Crippen molar-refractivity contribution in [1.29, 1.82) is 0 Å². The molecule has 0 bridgehead atoms. The molecular weight excluding hydrogens is 174 g/mol. The second-order valence-corrected chi connectivity index (χ2v) is 3.16. The first-order valence-electron chi connectivity index (χ1n) is 4.42. The molecule has 0 aliphatic carbocycles.